The van der Waals surface area contributed by atoms with Gasteiger partial charge < -0.3 is 18.9 Å². The highest BCUT2D eigenvalue weighted by molar-refractivity contribution is 5.28. The van der Waals surface area contributed by atoms with Crippen molar-refractivity contribution >= 4 is 0 Å². The van der Waals surface area contributed by atoms with Gasteiger partial charge in [-0.2, -0.15) is 0 Å². The Morgan fingerprint density at radius 3 is 2.88 bits per heavy atom. The van der Waals surface area contributed by atoms with Gasteiger partial charge in [0.15, 0.2) is 5.79 Å². The third-order valence-corrected chi connectivity index (χ3v) is 3.17. The molecule has 2 aliphatic rings. The zero-order valence-electron chi connectivity index (χ0n) is 9.85. The maximum atomic E-state index is 5.87. The highest BCUT2D eigenvalue weighted by atomic mass is 16.8. The molecule has 17 heavy (non-hydrogen) atoms. The van der Waals surface area contributed by atoms with Crippen molar-refractivity contribution in [3.63, 3.8) is 0 Å². The Kier molecular flexibility index (Phi) is 2.78. The molecule has 2 atom stereocenters. The fourth-order valence-corrected chi connectivity index (χ4v) is 2.32. The van der Waals surface area contributed by atoms with E-state index in [1.807, 2.05) is 24.3 Å². The number of methoxy groups -OCH3 is 1. The molecule has 0 aliphatic carbocycles. The number of hydrogen-bond donors (Lipinski definition) is 0. The molecule has 1 aromatic carbocycles. The summed E-state index contributed by atoms with van der Waals surface area (Å²) in [6.07, 6.45) is 0.815. The number of ether oxygens (including phenoxy) is 4. The predicted molar refractivity (Wildman–Crippen MR) is 61.1 cm³/mol. The Hall–Kier alpha value is -1.10. The van der Waals surface area contributed by atoms with Crippen LogP contribution in [0.15, 0.2) is 24.3 Å². The van der Waals surface area contributed by atoms with Gasteiger partial charge in [0.05, 0.1) is 20.3 Å². The van der Waals surface area contributed by atoms with E-state index < -0.39 is 5.79 Å². The SMILES string of the molecule is COc1ccc(C[C@]23COC[C@H](CO2)O3)cc1. The third-order valence-electron chi connectivity index (χ3n) is 3.17. The predicted octanol–water partition coefficient (Wildman–Crippen LogP) is 1.38. The lowest BCUT2D eigenvalue weighted by molar-refractivity contribution is -0.235. The summed E-state index contributed by atoms with van der Waals surface area (Å²) in [7, 11) is 1.66. The van der Waals surface area contributed by atoms with Crippen LogP contribution in [-0.4, -0.2) is 38.8 Å². The van der Waals surface area contributed by atoms with Crippen molar-refractivity contribution < 1.29 is 18.9 Å². The van der Waals surface area contributed by atoms with Gasteiger partial charge in [-0.15, -0.1) is 0 Å². The summed E-state index contributed by atoms with van der Waals surface area (Å²) >= 11 is 0. The van der Waals surface area contributed by atoms with Crippen molar-refractivity contribution in [2.75, 3.05) is 26.9 Å². The van der Waals surface area contributed by atoms with Gasteiger partial charge >= 0.3 is 0 Å². The fourth-order valence-electron chi connectivity index (χ4n) is 2.32. The summed E-state index contributed by atoms with van der Waals surface area (Å²) in [6.45, 7) is 1.79. The van der Waals surface area contributed by atoms with Gasteiger partial charge in [0.1, 0.15) is 18.5 Å². The second-order valence-electron chi connectivity index (χ2n) is 4.50. The minimum Gasteiger partial charge on any atom is -0.497 e. The van der Waals surface area contributed by atoms with Gasteiger partial charge in [-0.25, -0.2) is 0 Å². The molecule has 0 aromatic heterocycles. The standard InChI is InChI=1S/C13H16O4/c1-14-11-4-2-10(3-5-11)6-13-9-15-7-12(17-13)8-16-13/h2-5,12H,6-9H2,1H3/t12-,13+/m1/s1. The zero-order chi connectivity index (χ0) is 11.7. The van der Waals surface area contributed by atoms with Gasteiger partial charge in [0.25, 0.3) is 0 Å². The second kappa shape index (κ2) is 4.29. The molecule has 2 heterocycles. The van der Waals surface area contributed by atoms with Crippen LogP contribution < -0.4 is 4.74 Å². The first-order chi connectivity index (χ1) is 8.30. The van der Waals surface area contributed by atoms with Gasteiger partial charge in [-0.05, 0) is 17.7 Å². The summed E-state index contributed by atoms with van der Waals surface area (Å²) in [5.41, 5.74) is 1.16. The van der Waals surface area contributed by atoms with Crippen molar-refractivity contribution in [3.05, 3.63) is 29.8 Å². The van der Waals surface area contributed by atoms with Crippen LogP contribution in [0.2, 0.25) is 0 Å². The summed E-state index contributed by atoms with van der Waals surface area (Å²) < 4.78 is 22.2. The minimum atomic E-state index is -0.572. The van der Waals surface area contributed by atoms with E-state index in [0.717, 1.165) is 11.3 Å². The molecule has 1 aromatic rings. The van der Waals surface area contributed by atoms with Crippen LogP contribution in [0.25, 0.3) is 0 Å². The molecule has 0 unspecified atom stereocenters. The molecule has 0 N–H and O–H groups in total. The molecule has 92 valence electrons. The zero-order valence-corrected chi connectivity index (χ0v) is 9.85. The number of rotatable bonds is 3. The van der Waals surface area contributed by atoms with Crippen molar-refractivity contribution in [1.82, 2.24) is 0 Å². The highest BCUT2D eigenvalue weighted by Gasteiger charge is 2.45. The lowest BCUT2D eigenvalue weighted by Crippen LogP contribution is -2.43. The molecule has 4 nitrogen and oxygen atoms in total. The quantitative estimate of drug-likeness (QED) is 0.794. The van der Waals surface area contributed by atoms with E-state index in [1.165, 1.54) is 0 Å². The maximum absolute atomic E-state index is 5.87. The molecule has 2 aliphatic heterocycles. The molecule has 0 radical (unpaired) electrons. The average molecular weight is 236 g/mol. The number of benzene rings is 1. The Bertz CT molecular complexity index is 385. The van der Waals surface area contributed by atoms with Gasteiger partial charge in [0.2, 0.25) is 0 Å². The Morgan fingerprint density at radius 1 is 1.29 bits per heavy atom. The number of hydrogen-bond acceptors (Lipinski definition) is 4. The molecule has 0 saturated carbocycles. The number of fused-ring (bicyclic) bond motifs is 2. The van der Waals surface area contributed by atoms with E-state index in [2.05, 4.69) is 0 Å². The third kappa shape index (κ3) is 2.16. The van der Waals surface area contributed by atoms with Crippen LogP contribution in [0.3, 0.4) is 0 Å². The maximum Gasteiger partial charge on any atom is 0.196 e. The lowest BCUT2D eigenvalue weighted by atomic mass is 10.1. The molecule has 0 amide bonds. The van der Waals surface area contributed by atoms with E-state index in [1.54, 1.807) is 7.11 Å². The van der Waals surface area contributed by atoms with Crippen molar-refractivity contribution in [3.8, 4) is 5.75 Å². The lowest BCUT2D eigenvalue weighted by Gasteiger charge is -2.31. The Morgan fingerprint density at radius 2 is 2.12 bits per heavy atom. The minimum absolute atomic E-state index is 0.0991. The average Bonchev–Trinajstić information content (AvgIpc) is 2.65. The van der Waals surface area contributed by atoms with Crippen molar-refractivity contribution in [1.29, 1.82) is 0 Å². The van der Waals surface area contributed by atoms with E-state index in [4.69, 9.17) is 18.9 Å². The molecule has 2 bridgehead atoms. The molecule has 2 fully saturated rings. The van der Waals surface area contributed by atoms with Crippen LogP contribution in [0.4, 0.5) is 0 Å². The van der Waals surface area contributed by atoms with E-state index in [-0.39, 0.29) is 6.10 Å². The monoisotopic (exact) mass is 236 g/mol. The summed E-state index contributed by atoms with van der Waals surface area (Å²) in [4.78, 5) is 0. The van der Waals surface area contributed by atoms with Crippen LogP contribution in [0.5, 0.6) is 5.75 Å². The van der Waals surface area contributed by atoms with E-state index >= 15 is 0 Å². The van der Waals surface area contributed by atoms with E-state index in [0.29, 0.717) is 26.2 Å². The molecule has 2 saturated heterocycles. The highest BCUT2D eigenvalue weighted by Crippen LogP contribution is 2.32. The smallest absolute Gasteiger partial charge is 0.196 e. The normalized spacial score (nSPS) is 31.5. The van der Waals surface area contributed by atoms with Gasteiger partial charge in [-0.3, -0.25) is 0 Å². The second-order valence-corrected chi connectivity index (χ2v) is 4.50. The van der Waals surface area contributed by atoms with Crippen LogP contribution >= 0.6 is 0 Å². The molecular formula is C13H16O4. The van der Waals surface area contributed by atoms with Crippen LogP contribution in [0.1, 0.15) is 5.56 Å². The van der Waals surface area contributed by atoms with Crippen LogP contribution in [-0.2, 0) is 20.6 Å². The van der Waals surface area contributed by atoms with Crippen molar-refractivity contribution in [2.24, 2.45) is 0 Å². The Balaban J connectivity index is 1.73. The molecule has 0 spiro atoms. The molecule has 4 heteroatoms. The summed E-state index contributed by atoms with van der Waals surface area (Å²) in [5.74, 6) is 0.287. The molecular weight excluding hydrogens is 220 g/mol. The molecule has 3 rings (SSSR count). The van der Waals surface area contributed by atoms with Crippen molar-refractivity contribution in [2.45, 2.75) is 18.3 Å². The van der Waals surface area contributed by atoms with Gasteiger partial charge in [0, 0.05) is 6.42 Å². The largest absolute Gasteiger partial charge is 0.497 e. The first-order valence-electron chi connectivity index (χ1n) is 5.82. The fraction of sp³-hybridized carbons (Fsp3) is 0.538. The topological polar surface area (TPSA) is 36.9 Å². The van der Waals surface area contributed by atoms with Gasteiger partial charge in [-0.1, -0.05) is 12.1 Å². The summed E-state index contributed by atoms with van der Waals surface area (Å²) in [6, 6.07) is 7.95. The Labute approximate surface area is 100 Å². The first kappa shape index (κ1) is 11.0. The summed E-state index contributed by atoms with van der Waals surface area (Å²) in [5, 5.41) is 0. The van der Waals surface area contributed by atoms with Crippen LogP contribution in [0, 0.1) is 0 Å². The van der Waals surface area contributed by atoms with E-state index in [9.17, 15) is 0 Å². The first-order valence-corrected chi connectivity index (χ1v) is 5.82.